The molecule has 0 radical (unpaired) electrons. The van der Waals surface area contributed by atoms with E-state index in [-0.39, 0.29) is 5.82 Å². The first kappa shape index (κ1) is 12.2. The van der Waals surface area contributed by atoms with Gasteiger partial charge in [0.15, 0.2) is 0 Å². The highest BCUT2D eigenvalue weighted by molar-refractivity contribution is 5.77. The zero-order valence-electron chi connectivity index (χ0n) is 11.2. The number of rotatable bonds is 3. The lowest BCUT2D eigenvalue weighted by atomic mass is 9.94. The molecule has 0 bridgehead atoms. The number of nitrogen functional groups attached to an aromatic ring is 1. The SMILES string of the molecule is CC(c1nn(C)c(N)c1-c1cccc(F)c1)C1CC1. The van der Waals surface area contributed by atoms with Gasteiger partial charge in [0, 0.05) is 18.5 Å². The minimum Gasteiger partial charge on any atom is -0.383 e. The Kier molecular flexibility index (Phi) is 2.81. The number of hydrogen-bond acceptors (Lipinski definition) is 2. The predicted octanol–water partition coefficient (Wildman–Crippen LogP) is 3.32. The van der Waals surface area contributed by atoms with Gasteiger partial charge in [-0.2, -0.15) is 5.10 Å². The molecule has 2 aromatic rings. The van der Waals surface area contributed by atoms with Gasteiger partial charge in [-0.1, -0.05) is 19.1 Å². The Balaban J connectivity index is 2.13. The van der Waals surface area contributed by atoms with Gasteiger partial charge in [-0.3, -0.25) is 4.68 Å². The molecular formula is C15H18FN3. The summed E-state index contributed by atoms with van der Waals surface area (Å²) in [6.07, 6.45) is 2.50. The van der Waals surface area contributed by atoms with Crippen LogP contribution in [0, 0.1) is 11.7 Å². The average Bonchev–Trinajstić information content (AvgIpc) is 3.17. The Labute approximate surface area is 112 Å². The Morgan fingerprint density at radius 1 is 1.42 bits per heavy atom. The third kappa shape index (κ3) is 2.11. The van der Waals surface area contributed by atoms with Gasteiger partial charge >= 0.3 is 0 Å². The van der Waals surface area contributed by atoms with Crippen LogP contribution in [0.4, 0.5) is 10.2 Å². The minimum absolute atomic E-state index is 0.245. The van der Waals surface area contributed by atoms with E-state index in [0.717, 1.165) is 16.8 Å². The Morgan fingerprint density at radius 2 is 2.16 bits per heavy atom. The number of halogens is 1. The summed E-state index contributed by atoms with van der Waals surface area (Å²) < 4.78 is 15.1. The minimum atomic E-state index is -0.245. The maximum absolute atomic E-state index is 13.4. The Morgan fingerprint density at radius 3 is 2.79 bits per heavy atom. The molecule has 1 heterocycles. The summed E-state index contributed by atoms with van der Waals surface area (Å²) in [6.45, 7) is 2.18. The number of aryl methyl sites for hydroxylation is 1. The van der Waals surface area contributed by atoms with E-state index >= 15 is 0 Å². The molecule has 1 aliphatic carbocycles. The highest BCUT2D eigenvalue weighted by atomic mass is 19.1. The molecule has 0 aliphatic heterocycles. The first-order valence-electron chi connectivity index (χ1n) is 6.66. The van der Waals surface area contributed by atoms with E-state index in [4.69, 9.17) is 5.73 Å². The van der Waals surface area contributed by atoms with Gasteiger partial charge in [0.1, 0.15) is 11.6 Å². The van der Waals surface area contributed by atoms with Gasteiger partial charge < -0.3 is 5.73 Å². The van der Waals surface area contributed by atoms with E-state index in [9.17, 15) is 4.39 Å². The molecule has 4 heteroatoms. The summed E-state index contributed by atoms with van der Waals surface area (Å²) in [5.41, 5.74) is 8.82. The molecule has 1 saturated carbocycles. The molecule has 1 fully saturated rings. The predicted molar refractivity (Wildman–Crippen MR) is 74.2 cm³/mol. The van der Waals surface area contributed by atoms with Gasteiger partial charge in [-0.25, -0.2) is 4.39 Å². The maximum atomic E-state index is 13.4. The summed E-state index contributed by atoms with van der Waals surface area (Å²) in [5, 5.41) is 4.55. The van der Waals surface area contributed by atoms with Crippen LogP contribution in [0.3, 0.4) is 0 Å². The van der Waals surface area contributed by atoms with Gasteiger partial charge in [-0.15, -0.1) is 0 Å². The molecule has 3 nitrogen and oxygen atoms in total. The van der Waals surface area contributed by atoms with Gasteiger partial charge in [0.05, 0.1) is 5.69 Å². The molecule has 0 saturated heterocycles. The largest absolute Gasteiger partial charge is 0.383 e. The van der Waals surface area contributed by atoms with Crippen molar-refractivity contribution in [1.82, 2.24) is 9.78 Å². The van der Waals surface area contributed by atoms with Crippen LogP contribution in [0.2, 0.25) is 0 Å². The number of nitrogens with zero attached hydrogens (tertiary/aromatic N) is 2. The standard InChI is InChI=1S/C15H18FN3/c1-9(10-6-7-10)14-13(15(17)19(2)18-14)11-4-3-5-12(16)8-11/h3-5,8-10H,6-7,17H2,1-2H3. The van der Waals surface area contributed by atoms with Gasteiger partial charge in [-0.05, 0) is 36.5 Å². The van der Waals surface area contributed by atoms with Crippen LogP contribution in [-0.4, -0.2) is 9.78 Å². The van der Waals surface area contributed by atoms with E-state index in [2.05, 4.69) is 12.0 Å². The fourth-order valence-corrected chi connectivity index (χ4v) is 2.64. The molecule has 3 rings (SSSR count). The van der Waals surface area contributed by atoms with Crippen molar-refractivity contribution in [2.45, 2.75) is 25.7 Å². The fraction of sp³-hybridized carbons (Fsp3) is 0.400. The third-order valence-electron chi connectivity index (χ3n) is 3.99. The monoisotopic (exact) mass is 259 g/mol. The van der Waals surface area contributed by atoms with Crippen molar-refractivity contribution in [2.75, 3.05) is 5.73 Å². The van der Waals surface area contributed by atoms with Crippen LogP contribution >= 0.6 is 0 Å². The second-order valence-electron chi connectivity index (χ2n) is 5.41. The fourth-order valence-electron chi connectivity index (χ4n) is 2.64. The van der Waals surface area contributed by atoms with Crippen LogP contribution in [-0.2, 0) is 7.05 Å². The van der Waals surface area contributed by atoms with Gasteiger partial charge in [0.2, 0.25) is 0 Å². The van der Waals surface area contributed by atoms with E-state index < -0.39 is 0 Å². The number of benzene rings is 1. The van der Waals surface area contributed by atoms with Crippen molar-refractivity contribution >= 4 is 5.82 Å². The smallest absolute Gasteiger partial charge is 0.129 e. The molecule has 1 aromatic carbocycles. The summed E-state index contributed by atoms with van der Waals surface area (Å²) >= 11 is 0. The molecular weight excluding hydrogens is 241 g/mol. The highest BCUT2D eigenvalue weighted by Gasteiger charge is 2.33. The average molecular weight is 259 g/mol. The van der Waals surface area contributed by atoms with Crippen molar-refractivity contribution in [3.63, 3.8) is 0 Å². The zero-order chi connectivity index (χ0) is 13.6. The Hall–Kier alpha value is -1.84. The summed E-state index contributed by atoms with van der Waals surface area (Å²) in [4.78, 5) is 0. The second kappa shape index (κ2) is 4.37. The number of hydrogen-bond donors (Lipinski definition) is 1. The lowest BCUT2D eigenvalue weighted by molar-refractivity contribution is 0.621. The summed E-state index contributed by atoms with van der Waals surface area (Å²) in [7, 11) is 1.83. The maximum Gasteiger partial charge on any atom is 0.129 e. The number of aromatic nitrogens is 2. The van der Waals surface area contributed by atoms with Crippen LogP contribution in [0.1, 0.15) is 31.4 Å². The van der Waals surface area contributed by atoms with Crippen molar-refractivity contribution in [2.24, 2.45) is 13.0 Å². The normalized spacial score (nSPS) is 16.6. The summed E-state index contributed by atoms with van der Waals surface area (Å²) in [6, 6.07) is 6.57. The first-order chi connectivity index (χ1) is 9.08. The molecule has 1 aliphatic rings. The van der Waals surface area contributed by atoms with Gasteiger partial charge in [0.25, 0.3) is 0 Å². The molecule has 2 N–H and O–H groups in total. The quantitative estimate of drug-likeness (QED) is 0.918. The lowest BCUT2D eigenvalue weighted by Crippen LogP contribution is -2.00. The van der Waals surface area contributed by atoms with Crippen LogP contribution in [0.25, 0.3) is 11.1 Å². The van der Waals surface area contributed by atoms with Crippen LogP contribution in [0.5, 0.6) is 0 Å². The summed E-state index contributed by atoms with van der Waals surface area (Å²) in [5.74, 6) is 1.43. The van der Waals surface area contributed by atoms with Crippen molar-refractivity contribution in [1.29, 1.82) is 0 Å². The molecule has 1 unspecified atom stereocenters. The van der Waals surface area contributed by atoms with Crippen molar-refractivity contribution in [3.8, 4) is 11.1 Å². The zero-order valence-corrected chi connectivity index (χ0v) is 11.2. The van der Waals surface area contributed by atoms with Crippen LogP contribution < -0.4 is 5.73 Å². The first-order valence-corrected chi connectivity index (χ1v) is 6.66. The highest BCUT2D eigenvalue weighted by Crippen LogP contribution is 2.45. The number of nitrogens with two attached hydrogens (primary N) is 1. The van der Waals surface area contributed by atoms with E-state index in [0.29, 0.717) is 17.7 Å². The third-order valence-corrected chi connectivity index (χ3v) is 3.99. The van der Waals surface area contributed by atoms with E-state index in [1.807, 2.05) is 13.1 Å². The lowest BCUT2D eigenvalue weighted by Gasteiger charge is -2.10. The second-order valence-corrected chi connectivity index (χ2v) is 5.41. The number of anilines is 1. The van der Waals surface area contributed by atoms with E-state index in [1.54, 1.807) is 10.7 Å². The molecule has 1 atom stereocenters. The molecule has 0 amide bonds. The molecule has 1 aromatic heterocycles. The van der Waals surface area contributed by atoms with Crippen molar-refractivity contribution < 1.29 is 4.39 Å². The van der Waals surface area contributed by atoms with Crippen molar-refractivity contribution in [3.05, 3.63) is 35.8 Å². The molecule has 19 heavy (non-hydrogen) atoms. The Bertz CT molecular complexity index is 614. The van der Waals surface area contributed by atoms with E-state index in [1.165, 1.54) is 25.0 Å². The molecule has 100 valence electrons. The molecule has 0 spiro atoms. The topological polar surface area (TPSA) is 43.8 Å². The van der Waals surface area contributed by atoms with Crippen LogP contribution in [0.15, 0.2) is 24.3 Å².